The van der Waals surface area contributed by atoms with Crippen LogP contribution in [0.5, 0.6) is 0 Å². The lowest BCUT2D eigenvalue weighted by molar-refractivity contribution is 0.349. The molecule has 1 aliphatic heterocycles. The van der Waals surface area contributed by atoms with Gasteiger partial charge in [-0.1, -0.05) is 0 Å². The van der Waals surface area contributed by atoms with E-state index in [1.807, 2.05) is 6.92 Å². The van der Waals surface area contributed by atoms with Crippen molar-refractivity contribution in [1.82, 2.24) is 19.8 Å². The molecule has 0 aromatic carbocycles. The van der Waals surface area contributed by atoms with Gasteiger partial charge in [-0.2, -0.15) is 5.10 Å². The fourth-order valence-electron chi connectivity index (χ4n) is 2.01. The van der Waals surface area contributed by atoms with Crippen LogP contribution >= 0.6 is 0 Å². The summed E-state index contributed by atoms with van der Waals surface area (Å²) in [4.78, 5) is 0.220. The van der Waals surface area contributed by atoms with Crippen molar-refractivity contribution in [2.45, 2.75) is 36.7 Å². The zero-order valence-corrected chi connectivity index (χ0v) is 10.9. The maximum absolute atomic E-state index is 12.1. The van der Waals surface area contributed by atoms with Crippen LogP contribution in [-0.4, -0.2) is 36.8 Å². The Balaban J connectivity index is 2.11. The number of sulfonamides is 1. The molecule has 7 heteroatoms. The normalized spacial score (nSPS) is 26.0. The van der Waals surface area contributed by atoms with Gasteiger partial charge in [-0.05, 0) is 26.3 Å². The highest BCUT2D eigenvalue weighted by Gasteiger charge is 2.27. The molecule has 0 saturated carbocycles. The molecular weight excluding hydrogens is 240 g/mol. The molecule has 2 heterocycles. The monoisotopic (exact) mass is 258 g/mol. The van der Waals surface area contributed by atoms with Gasteiger partial charge in [0, 0.05) is 25.3 Å². The highest BCUT2D eigenvalue weighted by Crippen LogP contribution is 2.13. The Morgan fingerprint density at radius 3 is 2.94 bits per heavy atom. The zero-order valence-electron chi connectivity index (χ0n) is 10.0. The molecule has 1 aliphatic rings. The minimum atomic E-state index is -3.45. The van der Waals surface area contributed by atoms with Crippen LogP contribution in [0.3, 0.4) is 0 Å². The second-order valence-corrected chi connectivity index (χ2v) is 6.18. The summed E-state index contributed by atoms with van der Waals surface area (Å²) < 4.78 is 28.3. The van der Waals surface area contributed by atoms with E-state index in [4.69, 9.17) is 0 Å². The standard InChI is InChI=1S/C10H18N4O2S/c1-8-10(4-3-5-11-8)13-17(15,16)9-6-12-14(2)7-9/h6-8,10-11,13H,3-5H2,1-2H3/t8-,10-/m1/s1. The Labute approximate surface area is 101 Å². The fourth-order valence-corrected chi connectivity index (χ4v) is 3.34. The van der Waals surface area contributed by atoms with Crippen molar-refractivity contribution < 1.29 is 8.42 Å². The first-order chi connectivity index (χ1) is 7.99. The van der Waals surface area contributed by atoms with E-state index < -0.39 is 10.0 Å². The van der Waals surface area contributed by atoms with Crippen LogP contribution in [0.15, 0.2) is 17.3 Å². The largest absolute Gasteiger partial charge is 0.313 e. The average molecular weight is 258 g/mol. The molecule has 0 amide bonds. The minimum absolute atomic E-state index is 0.0473. The number of rotatable bonds is 3. The summed E-state index contributed by atoms with van der Waals surface area (Å²) in [5.41, 5.74) is 0. The highest BCUT2D eigenvalue weighted by atomic mass is 32.2. The molecule has 0 bridgehead atoms. The van der Waals surface area contributed by atoms with E-state index in [1.165, 1.54) is 17.1 Å². The van der Waals surface area contributed by atoms with Gasteiger partial charge in [-0.3, -0.25) is 4.68 Å². The van der Waals surface area contributed by atoms with Crippen LogP contribution < -0.4 is 10.0 Å². The number of nitrogens with zero attached hydrogens (tertiary/aromatic N) is 2. The van der Waals surface area contributed by atoms with Crippen LogP contribution in [0, 0.1) is 0 Å². The van der Waals surface area contributed by atoms with Crippen molar-refractivity contribution >= 4 is 10.0 Å². The van der Waals surface area contributed by atoms with E-state index >= 15 is 0 Å². The quantitative estimate of drug-likeness (QED) is 0.790. The molecule has 2 rings (SSSR count). The van der Waals surface area contributed by atoms with Crippen molar-refractivity contribution in [3.8, 4) is 0 Å². The van der Waals surface area contributed by atoms with E-state index in [0.717, 1.165) is 19.4 Å². The third-order valence-electron chi connectivity index (χ3n) is 3.06. The molecular formula is C10H18N4O2S. The van der Waals surface area contributed by atoms with Crippen molar-refractivity contribution in [2.75, 3.05) is 6.54 Å². The van der Waals surface area contributed by atoms with E-state index in [-0.39, 0.29) is 17.0 Å². The molecule has 2 atom stereocenters. The van der Waals surface area contributed by atoms with Gasteiger partial charge >= 0.3 is 0 Å². The summed E-state index contributed by atoms with van der Waals surface area (Å²) in [6.07, 6.45) is 4.73. The Morgan fingerprint density at radius 1 is 1.59 bits per heavy atom. The number of aryl methyl sites for hydroxylation is 1. The molecule has 6 nitrogen and oxygen atoms in total. The number of nitrogens with one attached hydrogen (secondary N) is 2. The van der Waals surface area contributed by atoms with Crippen molar-refractivity contribution in [2.24, 2.45) is 7.05 Å². The molecule has 0 radical (unpaired) electrons. The molecule has 17 heavy (non-hydrogen) atoms. The van der Waals surface area contributed by atoms with Gasteiger partial charge in [0.25, 0.3) is 0 Å². The fraction of sp³-hybridized carbons (Fsp3) is 0.700. The van der Waals surface area contributed by atoms with Gasteiger partial charge in [0.1, 0.15) is 4.90 Å². The SMILES string of the molecule is C[C@H]1NCCC[C@H]1NS(=O)(=O)c1cnn(C)c1. The van der Waals surface area contributed by atoms with Gasteiger partial charge in [0.2, 0.25) is 10.0 Å². The summed E-state index contributed by atoms with van der Waals surface area (Å²) in [5.74, 6) is 0. The highest BCUT2D eigenvalue weighted by molar-refractivity contribution is 7.89. The summed E-state index contributed by atoms with van der Waals surface area (Å²) in [6, 6.07) is 0.115. The number of hydrogen-bond donors (Lipinski definition) is 2. The summed E-state index contributed by atoms with van der Waals surface area (Å²) in [7, 11) is -1.75. The lowest BCUT2D eigenvalue weighted by atomic mass is 10.0. The molecule has 1 fully saturated rings. The molecule has 1 saturated heterocycles. The maximum atomic E-state index is 12.1. The van der Waals surface area contributed by atoms with E-state index in [0.29, 0.717) is 0 Å². The molecule has 1 aromatic heterocycles. The van der Waals surface area contributed by atoms with Crippen molar-refractivity contribution in [3.63, 3.8) is 0 Å². The predicted molar refractivity (Wildman–Crippen MR) is 64.0 cm³/mol. The first-order valence-corrected chi connectivity index (χ1v) is 7.22. The first-order valence-electron chi connectivity index (χ1n) is 5.73. The number of aromatic nitrogens is 2. The Bertz CT molecular complexity index is 482. The second kappa shape index (κ2) is 4.75. The Kier molecular flexibility index (Phi) is 3.50. The molecule has 0 spiro atoms. The topological polar surface area (TPSA) is 76.0 Å². The van der Waals surface area contributed by atoms with Crippen LogP contribution in [-0.2, 0) is 17.1 Å². The average Bonchev–Trinajstić information content (AvgIpc) is 2.69. The van der Waals surface area contributed by atoms with Gasteiger partial charge < -0.3 is 5.32 Å². The second-order valence-electron chi connectivity index (χ2n) is 4.46. The summed E-state index contributed by atoms with van der Waals surface area (Å²) >= 11 is 0. The third-order valence-corrected chi connectivity index (χ3v) is 4.50. The molecule has 0 aliphatic carbocycles. The van der Waals surface area contributed by atoms with Crippen LogP contribution in [0.2, 0.25) is 0 Å². The Morgan fingerprint density at radius 2 is 2.35 bits per heavy atom. The lowest BCUT2D eigenvalue weighted by Crippen LogP contribution is -2.51. The summed E-state index contributed by atoms with van der Waals surface area (Å²) in [5, 5.41) is 7.14. The molecule has 1 aromatic rings. The summed E-state index contributed by atoms with van der Waals surface area (Å²) in [6.45, 7) is 2.95. The van der Waals surface area contributed by atoms with Gasteiger partial charge in [0.15, 0.2) is 0 Å². The third kappa shape index (κ3) is 2.85. The van der Waals surface area contributed by atoms with Crippen molar-refractivity contribution in [3.05, 3.63) is 12.4 Å². The van der Waals surface area contributed by atoms with Gasteiger partial charge in [-0.15, -0.1) is 0 Å². The number of piperidine rings is 1. The lowest BCUT2D eigenvalue weighted by Gasteiger charge is -2.30. The van der Waals surface area contributed by atoms with E-state index in [2.05, 4.69) is 15.1 Å². The molecule has 96 valence electrons. The predicted octanol–water partition coefficient (Wildman–Crippen LogP) is -0.161. The van der Waals surface area contributed by atoms with Crippen molar-refractivity contribution in [1.29, 1.82) is 0 Å². The van der Waals surface area contributed by atoms with E-state index in [9.17, 15) is 8.42 Å². The van der Waals surface area contributed by atoms with Gasteiger partial charge in [0.05, 0.1) is 6.20 Å². The minimum Gasteiger partial charge on any atom is -0.313 e. The van der Waals surface area contributed by atoms with Crippen LogP contribution in [0.4, 0.5) is 0 Å². The first kappa shape index (κ1) is 12.5. The molecule has 2 N–H and O–H groups in total. The number of hydrogen-bond acceptors (Lipinski definition) is 4. The van der Waals surface area contributed by atoms with Crippen LogP contribution in [0.1, 0.15) is 19.8 Å². The smallest absolute Gasteiger partial charge is 0.243 e. The Hall–Kier alpha value is -0.920. The maximum Gasteiger partial charge on any atom is 0.243 e. The van der Waals surface area contributed by atoms with E-state index in [1.54, 1.807) is 7.05 Å². The zero-order chi connectivity index (χ0) is 12.5. The van der Waals surface area contributed by atoms with Crippen LogP contribution in [0.25, 0.3) is 0 Å². The van der Waals surface area contributed by atoms with Gasteiger partial charge in [-0.25, -0.2) is 13.1 Å². The molecule has 0 unspecified atom stereocenters.